The van der Waals surface area contributed by atoms with E-state index in [2.05, 4.69) is 0 Å². The number of nitrogens with two attached hydrogens (primary N) is 1. The Morgan fingerprint density at radius 2 is 1.89 bits per heavy atom. The van der Waals surface area contributed by atoms with Gasteiger partial charge in [0.25, 0.3) is 0 Å². The molecule has 1 fully saturated rings. The molecule has 0 aromatic carbocycles. The summed E-state index contributed by atoms with van der Waals surface area (Å²) >= 11 is 4.98. The average molecular weight is 274 g/mol. The molecule has 1 rings (SSSR count). The highest BCUT2D eigenvalue weighted by Crippen LogP contribution is 2.20. The third-order valence-electron chi connectivity index (χ3n) is 3.35. The van der Waals surface area contributed by atoms with Crippen molar-refractivity contribution in [2.75, 3.05) is 27.3 Å². The Hall–Kier alpha value is -0.720. The summed E-state index contributed by atoms with van der Waals surface area (Å²) in [6, 6.07) is 0. The molecule has 1 aliphatic rings. The molecule has 0 spiro atoms. The first-order valence-electron chi connectivity index (χ1n) is 6.18. The van der Waals surface area contributed by atoms with Crippen molar-refractivity contribution in [2.24, 2.45) is 11.7 Å². The maximum atomic E-state index is 12.3. The number of amides is 1. The number of hydrogen-bond donors (Lipinski definition) is 1. The molecule has 18 heavy (non-hydrogen) atoms. The minimum Gasteiger partial charge on any atom is -0.393 e. The van der Waals surface area contributed by atoms with Crippen LogP contribution in [0.4, 0.5) is 0 Å². The van der Waals surface area contributed by atoms with Crippen LogP contribution in [-0.4, -0.2) is 55.3 Å². The van der Waals surface area contributed by atoms with Gasteiger partial charge in [0.15, 0.2) is 0 Å². The molecule has 1 amide bonds. The Kier molecular flexibility index (Phi) is 5.98. The van der Waals surface area contributed by atoms with Crippen LogP contribution in [0.3, 0.4) is 0 Å². The molecular weight excluding hydrogens is 252 g/mol. The van der Waals surface area contributed by atoms with E-state index in [1.807, 2.05) is 6.92 Å². The summed E-state index contributed by atoms with van der Waals surface area (Å²) in [7, 11) is 3.25. The maximum Gasteiger partial charge on any atom is 0.232 e. The van der Waals surface area contributed by atoms with E-state index in [1.54, 1.807) is 19.1 Å². The smallest absolute Gasteiger partial charge is 0.232 e. The summed E-state index contributed by atoms with van der Waals surface area (Å²) < 4.78 is 10.6. The lowest BCUT2D eigenvalue weighted by atomic mass is 10.0. The first kappa shape index (κ1) is 15.3. The molecule has 2 N–H and O–H groups in total. The van der Waals surface area contributed by atoms with Crippen molar-refractivity contribution >= 4 is 23.1 Å². The number of thiocarbonyl (C=S) groups is 1. The van der Waals surface area contributed by atoms with Gasteiger partial charge in [-0.25, -0.2) is 0 Å². The zero-order valence-electron chi connectivity index (χ0n) is 11.2. The van der Waals surface area contributed by atoms with E-state index in [1.165, 1.54) is 0 Å². The van der Waals surface area contributed by atoms with Gasteiger partial charge in [0.2, 0.25) is 5.91 Å². The summed E-state index contributed by atoms with van der Waals surface area (Å²) in [6.07, 6.45) is 1.42. The Bertz CT molecular complexity index is 300. The van der Waals surface area contributed by atoms with Crippen LogP contribution in [0.15, 0.2) is 0 Å². The monoisotopic (exact) mass is 274 g/mol. The second-order valence-electron chi connectivity index (χ2n) is 4.54. The predicted molar refractivity (Wildman–Crippen MR) is 73.4 cm³/mol. The van der Waals surface area contributed by atoms with Crippen LogP contribution in [0.5, 0.6) is 0 Å². The van der Waals surface area contributed by atoms with Gasteiger partial charge < -0.3 is 20.1 Å². The second kappa shape index (κ2) is 7.01. The molecule has 0 radical (unpaired) electrons. The van der Waals surface area contributed by atoms with Gasteiger partial charge in [0, 0.05) is 27.3 Å². The number of hydrogen-bond acceptors (Lipinski definition) is 4. The van der Waals surface area contributed by atoms with Crippen LogP contribution >= 0.6 is 12.2 Å². The third kappa shape index (κ3) is 3.40. The molecule has 1 saturated heterocycles. The van der Waals surface area contributed by atoms with E-state index >= 15 is 0 Å². The minimum absolute atomic E-state index is 0.00838. The van der Waals surface area contributed by atoms with E-state index in [9.17, 15) is 4.79 Å². The molecule has 0 bridgehead atoms. The van der Waals surface area contributed by atoms with Crippen LogP contribution in [0, 0.1) is 5.92 Å². The van der Waals surface area contributed by atoms with Gasteiger partial charge in [-0.1, -0.05) is 25.6 Å². The molecule has 5 nitrogen and oxygen atoms in total. The highest BCUT2D eigenvalue weighted by atomic mass is 32.1. The van der Waals surface area contributed by atoms with Crippen LogP contribution in [-0.2, 0) is 14.3 Å². The highest BCUT2D eigenvalue weighted by molar-refractivity contribution is 7.80. The van der Waals surface area contributed by atoms with Gasteiger partial charge in [-0.15, -0.1) is 0 Å². The van der Waals surface area contributed by atoms with E-state index in [0.29, 0.717) is 19.5 Å². The Morgan fingerprint density at radius 1 is 1.39 bits per heavy atom. The molecule has 6 heteroatoms. The summed E-state index contributed by atoms with van der Waals surface area (Å²) in [4.78, 5) is 14.4. The summed E-state index contributed by atoms with van der Waals surface area (Å²) in [5.41, 5.74) is 5.65. The van der Waals surface area contributed by atoms with Gasteiger partial charge in [-0.05, 0) is 6.42 Å². The topological polar surface area (TPSA) is 64.8 Å². The predicted octanol–water partition coefficient (Wildman–Crippen LogP) is 0.561. The molecule has 0 aromatic rings. The number of carbonyl (C=O) groups is 1. The SMILES string of the molecule is CCCC(C(=O)N1CC(OC)C(OC)C1)C(N)=S. The van der Waals surface area contributed by atoms with Crippen LogP contribution in [0.1, 0.15) is 19.8 Å². The van der Waals surface area contributed by atoms with Crippen molar-refractivity contribution in [1.82, 2.24) is 4.90 Å². The van der Waals surface area contributed by atoms with Crippen LogP contribution in [0.25, 0.3) is 0 Å². The number of carbonyl (C=O) groups excluding carboxylic acids is 1. The zero-order valence-corrected chi connectivity index (χ0v) is 12.0. The van der Waals surface area contributed by atoms with E-state index in [-0.39, 0.29) is 29.0 Å². The van der Waals surface area contributed by atoms with Gasteiger partial charge >= 0.3 is 0 Å². The van der Waals surface area contributed by atoms with Crippen molar-refractivity contribution in [3.63, 3.8) is 0 Å². The Labute approximate surface area is 114 Å². The summed E-state index contributed by atoms with van der Waals surface area (Å²) in [6.45, 7) is 3.09. The largest absolute Gasteiger partial charge is 0.393 e. The third-order valence-corrected chi connectivity index (χ3v) is 3.64. The van der Waals surface area contributed by atoms with Crippen molar-refractivity contribution in [3.8, 4) is 0 Å². The lowest BCUT2D eigenvalue weighted by Crippen LogP contribution is -2.40. The fraction of sp³-hybridized carbons (Fsp3) is 0.833. The van der Waals surface area contributed by atoms with Crippen molar-refractivity contribution in [1.29, 1.82) is 0 Å². The lowest BCUT2D eigenvalue weighted by Gasteiger charge is -2.22. The minimum atomic E-state index is -0.363. The normalized spacial score (nSPS) is 25.2. The summed E-state index contributed by atoms with van der Waals surface area (Å²) in [5, 5.41) is 0. The molecule has 3 atom stereocenters. The molecule has 0 saturated carbocycles. The first-order chi connectivity index (χ1) is 8.54. The van der Waals surface area contributed by atoms with Crippen LogP contribution < -0.4 is 5.73 Å². The number of nitrogens with zero attached hydrogens (tertiary/aromatic N) is 1. The molecule has 0 aliphatic carbocycles. The summed E-state index contributed by atoms with van der Waals surface area (Å²) in [5.74, 6) is -0.371. The Morgan fingerprint density at radius 3 is 2.22 bits per heavy atom. The first-order valence-corrected chi connectivity index (χ1v) is 6.59. The van der Waals surface area contributed by atoms with E-state index in [0.717, 1.165) is 6.42 Å². The lowest BCUT2D eigenvalue weighted by molar-refractivity contribution is -0.133. The fourth-order valence-electron chi connectivity index (χ4n) is 2.27. The molecule has 3 unspecified atom stereocenters. The maximum absolute atomic E-state index is 12.3. The quantitative estimate of drug-likeness (QED) is 0.717. The fourth-order valence-corrected chi connectivity index (χ4v) is 2.49. The van der Waals surface area contributed by atoms with E-state index < -0.39 is 0 Å². The van der Waals surface area contributed by atoms with Crippen molar-refractivity contribution < 1.29 is 14.3 Å². The van der Waals surface area contributed by atoms with E-state index in [4.69, 9.17) is 27.4 Å². The zero-order chi connectivity index (χ0) is 13.7. The number of ether oxygens (including phenoxy) is 2. The molecular formula is C12H22N2O3S. The average Bonchev–Trinajstić information content (AvgIpc) is 2.77. The van der Waals surface area contributed by atoms with Gasteiger partial charge in [0.1, 0.15) is 12.2 Å². The molecule has 1 heterocycles. The molecule has 0 aromatic heterocycles. The second-order valence-corrected chi connectivity index (χ2v) is 5.01. The van der Waals surface area contributed by atoms with Crippen LogP contribution in [0.2, 0.25) is 0 Å². The van der Waals surface area contributed by atoms with Crippen molar-refractivity contribution in [2.45, 2.75) is 32.0 Å². The van der Waals surface area contributed by atoms with Gasteiger partial charge in [-0.3, -0.25) is 4.79 Å². The number of likely N-dealkylation sites (tertiary alicyclic amines) is 1. The number of methoxy groups -OCH3 is 2. The highest BCUT2D eigenvalue weighted by Gasteiger charge is 2.38. The van der Waals surface area contributed by atoms with Gasteiger partial charge in [-0.2, -0.15) is 0 Å². The van der Waals surface area contributed by atoms with Crippen molar-refractivity contribution in [3.05, 3.63) is 0 Å². The molecule has 104 valence electrons. The number of rotatable bonds is 6. The standard InChI is InChI=1S/C12H22N2O3S/c1-4-5-8(11(13)18)12(15)14-6-9(16-2)10(7-14)17-3/h8-10H,4-7H2,1-3H3,(H2,13,18). The Balaban J connectivity index is 2.69. The van der Waals surface area contributed by atoms with Gasteiger partial charge in [0.05, 0.1) is 10.9 Å². The molecule has 1 aliphatic heterocycles.